The molecule has 5 heteroatoms. The number of aromatic nitrogens is 2. The largest absolute Gasteiger partial charge is 0.374 e. The van der Waals surface area contributed by atoms with Gasteiger partial charge in [0.2, 0.25) is 0 Å². The molecule has 2 aromatic rings. The van der Waals surface area contributed by atoms with Crippen molar-refractivity contribution in [3.63, 3.8) is 0 Å². The minimum atomic E-state index is -0.0797. The van der Waals surface area contributed by atoms with Crippen molar-refractivity contribution in [3.05, 3.63) is 17.3 Å². The fourth-order valence-corrected chi connectivity index (χ4v) is 2.23. The molecule has 2 rings (SSSR count). The van der Waals surface area contributed by atoms with Gasteiger partial charge in [-0.1, -0.05) is 0 Å². The van der Waals surface area contributed by atoms with E-state index in [9.17, 15) is 0 Å². The summed E-state index contributed by atoms with van der Waals surface area (Å²) in [6, 6.07) is 2.04. The third-order valence-corrected chi connectivity index (χ3v) is 3.21. The molecule has 1 N–H and O–H groups in total. The molecule has 0 spiro atoms. The molecule has 0 saturated carbocycles. The predicted molar refractivity (Wildman–Crippen MR) is 67.0 cm³/mol. The summed E-state index contributed by atoms with van der Waals surface area (Å²) in [5, 5.41) is 6.37. The standard InChI is InChI=1S/C11H15N3OS/c1-4-12-10-8-5-6-16-11(8)14-9(13-10)7(2)15-3/h5-7H,4H2,1-3H3,(H,12,13,14). The monoisotopic (exact) mass is 237 g/mol. The van der Waals surface area contributed by atoms with Crippen molar-refractivity contribution in [1.82, 2.24) is 9.97 Å². The second-order valence-electron chi connectivity index (χ2n) is 3.48. The van der Waals surface area contributed by atoms with Crippen molar-refractivity contribution in [2.75, 3.05) is 19.0 Å². The molecular weight excluding hydrogens is 222 g/mol. The molecule has 0 radical (unpaired) electrons. The molecule has 0 saturated heterocycles. The Morgan fingerprint density at radius 3 is 3.00 bits per heavy atom. The maximum Gasteiger partial charge on any atom is 0.160 e. The lowest BCUT2D eigenvalue weighted by molar-refractivity contribution is 0.112. The van der Waals surface area contributed by atoms with Crippen molar-refractivity contribution in [2.45, 2.75) is 20.0 Å². The average molecular weight is 237 g/mol. The zero-order valence-electron chi connectivity index (χ0n) is 9.65. The number of methoxy groups -OCH3 is 1. The van der Waals surface area contributed by atoms with E-state index in [-0.39, 0.29) is 6.10 Å². The van der Waals surface area contributed by atoms with E-state index in [2.05, 4.69) is 22.2 Å². The van der Waals surface area contributed by atoms with Gasteiger partial charge in [0.25, 0.3) is 0 Å². The second kappa shape index (κ2) is 4.76. The topological polar surface area (TPSA) is 47.0 Å². The van der Waals surface area contributed by atoms with E-state index in [1.165, 1.54) is 0 Å². The first kappa shape index (κ1) is 11.3. The van der Waals surface area contributed by atoms with Crippen LogP contribution in [0.4, 0.5) is 5.82 Å². The highest BCUT2D eigenvalue weighted by atomic mass is 32.1. The lowest BCUT2D eigenvalue weighted by atomic mass is 10.3. The molecule has 1 atom stereocenters. The van der Waals surface area contributed by atoms with Gasteiger partial charge in [0.15, 0.2) is 5.82 Å². The van der Waals surface area contributed by atoms with Crippen LogP contribution in [0, 0.1) is 0 Å². The van der Waals surface area contributed by atoms with Crippen LogP contribution >= 0.6 is 11.3 Å². The Hall–Kier alpha value is -1.20. The molecule has 0 aliphatic carbocycles. The highest BCUT2D eigenvalue weighted by Gasteiger charge is 2.12. The number of nitrogens with one attached hydrogen (secondary N) is 1. The summed E-state index contributed by atoms with van der Waals surface area (Å²) in [7, 11) is 1.67. The van der Waals surface area contributed by atoms with Gasteiger partial charge < -0.3 is 10.1 Å². The highest BCUT2D eigenvalue weighted by molar-refractivity contribution is 7.16. The third-order valence-electron chi connectivity index (χ3n) is 2.40. The summed E-state index contributed by atoms with van der Waals surface area (Å²) < 4.78 is 5.25. The van der Waals surface area contributed by atoms with Crippen molar-refractivity contribution < 1.29 is 4.74 Å². The SMILES string of the molecule is CCNc1nc(C(C)OC)nc2sccc12. The quantitative estimate of drug-likeness (QED) is 0.888. The predicted octanol–water partition coefficient (Wildman–Crippen LogP) is 2.83. The molecular formula is C11H15N3OS. The molecule has 0 fully saturated rings. The van der Waals surface area contributed by atoms with Crippen molar-refractivity contribution in [3.8, 4) is 0 Å². The number of ether oxygens (including phenoxy) is 1. The Morgan fingerprint density at radius 2 is 2.31 bits per heavy atom. The lowest BCUT2D eigenvalue weighted by Crippen LogP contribution is -2.07. The number of thiophene rings is 1. The van der Waals surface area contributed by atoms with Gasteiger partial charge in [-0.3, -0.25) is 0 Å². The fourth-order valence-electron chi connectivity index (χ4n) is 1.46. The van der Waals surface area contributed by atoms with E-state index in [0.717, 1.165) is 28.4 Å². The Morgan fingerprint density at radius 1 is 1.50 bits per heavy atom. The van der Waals surface area contributed by atoms with E-state index in [0.29, 0.717) is 0 Å². The minimum absolute atomic E-state index is 0.0797. The zero-order valence-corrected chi connectivity index (χ0v) is 10.5. The van der Waals surface area contributed by atoms with Gasteiger partial charge in [0.05, 0.1) is 5.39 Å². The number of rotatable bonds is 4. The molecule has 86 valence electrons. The van der Waals surface area contributed by atoms with Crippen molar-refractivity contribution in [2.24, 2.45) is 0 Å². The molecule has 0 bridgehead atoms. The maximum absolute atomic E-state index is 5.25. The normalized spacial score (nSPS) is 12.9. The molecule has 0 aliphatic heterocycles. The number of nitrogens with zero attached hydrogens (tertiary/aromatic N) is 2. The van der Waals surface area contributed by atoms with Gasteiger partial charge in [-0.25, -0.2) is 9.97 Å². The molecule has 0 aromatic carbocycles. The molecule has 0 amide bonds. The molecule has 2 aromatic heterocycles. The van der Waals surface area contributed by atoms with Crippen molar-refractivity contribution in [1.29, 1.82) is 0 Å². The summed E-state index contributed by atoms with van der Waals surface area (Å²) in [6.07, 6.45) is -0.0797. The van der Waals surface area contributed by atoms with E-state index in [4.69, 9.17) is 4.74 Å². The van der Waals surface area contributed by atoms with Crippen LogP contribution in [0.1, 0.15) is 25.8 Å². The number of anilines is 1. The van der Waals surface area contributed by atoms with Crippen molar-refractivity contribution >= 4 is 27.4 Å². The van der Waals surface area contributed by atoms with Crippen LogP contribution in [0.2, 0.25) is 0 Å². The Labute approximate surface area is 98.7 Å². The highest BCUT2D eigenvalue weighted by Crippen LogP contribution is 2.27. The van der Waals surface area contributed by atoms with Crippen LogP contribution in [-0.4, -0.2) is 23.6 Å². The number of fused-ring (bicyclic) bond motifs is 1. The van der Waals surface area contributed by atoms with Gasteiger partial charge in [-0.2, -0.15) is 0 Å². The van der Waals surface area contributed by atoms with E-state index < -0.39 is 0 Å². The van der Waals surface area contributed by atoms with E-state index >= 15 is 0 Å². The van der Waals surface area contributed by atoms with E-state index in [1.54, 1.807) is 18.4 Å². The van der Waals surface area contributed by atoms with Crippen LogP contribution in [0.15, 0.2) is 11.4 Å². The smallest absolute Gasteiger partial charge is 0.160 e. The molecule has 4 nitrogen and oxygen atoms in total. The average Bonchev–Trinajstić information content (AvgIpc) is 2.76. The number of hydrogen-bond donors (Lipinski definition) is 1. The first-order chi connectivity index (χ1) is 7.76. The van der Waals surface area contributed by atoms with Gasteiger partial charge in [0, 0.05) is 13.7 Å². The van der Waals surface area contributed by atoms with E-state index in [1.807, 2.05) is 18.4 Å². The van der Waals surface area contributed by atoms with Gasteiger partial charge in [-0.05, 0) is 25.3 Å². The number of hydrogen-bond acceptors (Lipinski definition) is 5. The van der Waals surface area contributed by atoms with Gasteiger partial charge in [0.1, 0.15) is 16.8 Å². The third kappa shape index (κ3) is 2.01. The summed E-state index contributed by atoms with van der Waals surface area (Å²) in [5.41, 5.74) is 0. The van der Waals surface area contributed by atoms with Crippen LogP contribution in [0.25, 0.3) is 10.2 Å². The van der Waals surface area contributed by atoms with Gasteiger partial charge in [-0.15, -0.1) is 11.3 Å². The summed E-state index contributed by atoms with van der Waals surface area (Å²) in [4.78, 5) is 9.99. The second-order valence-corrected chi connectivity index (χ2v) is 4.37. The van der Waals surface area contributed by atoms with Crippen LogP contribution in [0.5, 0.6) is 0 Å². The van der Waals surface area contributed by atoms with Crippen LogP contribution < -0.4 is 5.32 Å². The minimum Gasteiger partial charge on any atom is -0.374 e. The zero-order chi connectivity index (χ0) is 11.5. The Balaban J connectivity index is 2.52. The first-order valence-corrected chi connectivity index (χ1v) is 6.16. The lowest BCUT2D eigenvalue weighted by Gasteiger charge is -2.10. The molecule has 16 heavy (non-hydrogen) atoms. The molecule has 1 unspecified atom stereocenters. The summed E-state index contributed by atoms with van der Waals surface area (Å²) in [6.45, 7) is 4.85. The van der Waals surface area contributed by atoms with Crippen LogP contribution in [0.3, 0.4) is 0 Å². The Bertz CT molecular complexity index is 483. The molecule has 0 aliphatic rings. The Kier molecular flexibility index (Phi) is 3.36. The first-order valence-electron chi connectivity index (χ1n) is 5.28. The summed E-state index contributed by atoms with van der Waals surface area (Å²) in [5.74, 6) is 1.63. The summed E-state index contributed by atoms with van der Waals surface area (Å²) >= 11 is 1.62. The van der Waals surface area contributed by atoms with Crippen LogP contribution in [-0.2, 0) is 4.74 Å². The fraction of sp³-hybridized carbons (Fsp3) is 0.455. The maximum atomic E-state index is 5.25. The molecule has 2 heterocycles. The van der Waals surface area contributed by atoms with Gasteiger partial charge >= 0.3 is 0 Å².